The molecule has 0 rings (SSSR count). The van der Waals surface area contributed by atoms with Crippen molar-refractivity contribution in [1.29, 1.82) is 0 Å². The molecule has 0 saturated carbocycles. The summed E-state index contributed by atoms with van der Waals surface area (Å²) in [7, 11) is 7.53. The summed E-state index contributed by atoms with van der Waals surface area (Å²) in [6, 6.07) is 0. The summed E-state index contributed by atoms with van der Waals surface area (Å²) in [6.07, 6.45) is 0. The number of nitrogens with one attached hydrogen (secondary N) is 4. The maximum atomic E-state index is 11.9. The first-order chi connectivity index (χ1) is 17.3. The van der Waals surface area contributed by atoms with E-state index in [1.165, 1.54) is 0 Å². The van der Waals surface area contributed by atoms with Crippen molar-refractivity contribution in [2.45, 2.75) is 27.7 Å². The number of hydrogen-bond acceptors (Lipinski definition) is 8. The van der Waals surface area contributed by atoms with Gasteiger partial charge in [0, 0.05) is 0 Å². The monoisotopic (exact) mass is 696 g/mol. The molecular weight excluding hydrogens is 655 g/mol. The second kappa shape index (κ2) is 20.0. The van der Waals surface area contributed by atoms with Gasteiger partial charge in [-0.3, -0.25) is 0 Å². The summed E-state index contributed by atoms with van der Waals surface area (Å²) < 4.78 is 0. The fourth-order valence-electron chi connectivity index (χ4n) is 2.22. The number of carbonyl (C=O) groups excluding carboxylic acids is 4. The van der Waals surface area contributed by atoms with Crippen molar-refractivity contribution in [3.05, 3.63) is 48.6 Å². The zero-order valence-electron chi connectivity index (χ0n) is 22.3. The molecule has 8 nitrogen and oxygen atoms in total. The van der Waals surface area contributed by atoms with Crippen LogP contribution in [0.4, 0.5) is 0 Å². The third-order valence-corrected chi connectivity index (χ3v) is 54.8. The molecule has 0 saturated heterocycles. The summed E-state index contributed by atoms with van der Waals surface area (Å²) in [5, 5.41) is 11.5. The van der Waals surface area contributed by atoms with Crippen molar-refractivity contribution >= 4 is 72.3 Å². The summed E-state index contributed by atoms with van der Waals surface area (Å²) in [4.78, 5) is 47.6. The average molecular weight is 696 g/mol. The molecule has 0 spiro atoms. The molecule has 0 radical (unpaired) electrons. The van der Waals surface area contributed by atoms with Crippen LogP contribution < -0.4 is 21.3 Å². The van der Waals surface area contributed by atoms with Gasteiger partial charge in [0.25, 0.3) is 0 Å². The minimum absolute atomic E-state index is 0.165. The van der Waals surface area contributed by atoms with E-state index in [0.29, 0.717) is 48.5 Å². The zero-order valence-corrected chi connectivity index (χ0v) is 28.4. The van der Waals surface area contributed by atoms with Crippen LogP contribution in [0.1, 0.15) is 27.7 Å². The topological polar surface area (TPSA) is 116 Å². The second-order valence-electron chi connectivity index (χ2n) is 8.04. The van der Waals surface area contributed by atoms with Gasteiger partial charge < -0.3 is 0 Å². The van der Waals surface area contributed by atoms with E-state index in [2.05, 4.69) is 47.6 Å². The van der Waals surface area contributed by atoms with E-state index in [4.69, 9.17) is 0 Å². The number of carbonyl (C=O) groups is 4. The third-order valence-electron chi connectivity index (χ3n) is 4.22. The molecule has 0 fully saturated rings. The molecule has 37 heavy (non-hydrogen) atoms. The van der Waals surface area contributed by atoms with Gasteiger partial charge in [-0.1, -0.05) is 0 Å². The molecule has 4 amide bonds. The molecular formula is C24H40N4O4S4Sn. The summed E-state index contributed by atoms with van der Waals surface area (Å²) in [6.45, 7) is 23.4. The van der Waals surface area contributed by atoms with Crippen molar-refractivity contribution in [3.8, 4) is 0 Å². The average Bonchev–Trinajstić information content (AvgIpc) is 2.83. The Morgan fingerprint density at radius 2 is 0.676 bits per heavy atom. The van der Waals surface area contributed by atoms with Gasteiger partial charge in [-0.2, -0.15) is 0 Å². The fraction of sp³-hybridized carbons (Fsp3) is 0.500. The van der Waals surface area contributed by atoms with Crippen LogP contribution in [0, 0.1) is 0 Å². The zero-order chi connectivity index (χ0) is 28.4. The molecule has 0 aromatic rings. The van der Waals surface area contributed by atoms with Gasteiger partial charge in [-0.15, -0.1) is 0 Å². The van der Waals surface area contributed by atoms with Crippen LogP contribution >= 0.6 is 35.8 Å². The number of rotatable bonds is 20. The molecule has 4 N–H and O–H groups in total. The van der Waals surface area contributed by atoms with Crippen LogP contribution in [0.2, 0.25) is 0 Å². The SMILES string of the molecule is C=C(C)C(=O)NCC[S][Sn]([S]CCNC(=O)C(=C)C)([S]CCNC(=O)C(=C)C)[S]CCNC(=O)C(=C)C. The Balaban J connectivity index is 5.37. The predicted molar refractivity (Wildman–Crippen MR) is 167 cm³/mol. The van der Waals surface area contributed by atoms with E-state index in [0.717, 1.165) is 23.0 Å². The van der Waals surface area contributed by atoms with Gasteiger partial charge in [0.15, 0.2) is 0 Å². The van der Waals surface area contributed by atoms with Crippen molar-refractivity contribution in [2.75, 3.05) is 49.2 Å². The first-order valence-corrected chi connectivity index (χ1v) is 29.5. The first kappa shape index (κ1) is 36.0. The Hall–Kier alpha value is -0.961. The van der Waals surface area contributed by atoms with E-state index in [-0.39, 0.29) is 23.6 Å². The molecule has 208 valence electrons. The Kier molecular flexibility index (Phi) is 19.5. The number of hydrogen-bond donors (Lipinski definition) is 4. The van der Waals surface area contributed by atoms with Crippen molar-refractivity contribution < 1.29 is 19.2 Å². The maximum absolute atomic E-state index is 11.9. The predicted octanol–water partition coefficient (Wildman–Crippen LogP) is 3.12. The summed E-state index contributed by atoms with van der Waals surface area (Å²) >= 11 is -3.15. The van der Waals surface area contributed by atoms with E-state index in [1.807, 2.05) is 35.8 Å². The van der Waals surface area contributed by atoms with Gasteiger partial charge in [0.1, 0.15) is 0 Å². The second-order valence-corrected chi connectivity index (χ2v) is 50.4. The Morgan fingerprint density at radius 3 is 0.838 bits per heavy atom. The normalized spacial score (nSPS) is 10.7. The standard InChI is InChI=1S/4C6H11NOS.Sn/c4*1-5(2)6(8)7-3-4-9;/h4*9H,1,3-4H2,2H3,(H,7,8);/q;;;;+4/p-4. The van der Waals surface area contributed by atoms with E-state index >= 15 is 0 Å². The quantitative estimate of drug-likeness (QED) is 0.0874. The van der Waals surface area contributed by atoms with E-state index in [1.54, 1.807) is 27.7 Å². The van der Waals surface area contributed by atoms with Crippen LogP contribution in [0.25, 0.3) is 0 Å². The summed E-state index contributed by atoms with van der Waals surface area (Å²) in [5.41, 5.74) is 1.86. The minimum atomic E-state index is -3.15. The molecule has 0 aromatic heterocycles. The number of amides is 4. The van der Waals surface area contributed by atoms with Crippen LogP contribution in [-0.2, 0) is 19.2 Å². The van der Waals surface area contributed by atoms with Crippen LogP contribution in [0.15, 0.2) is 48.6 Å². The van der Waals surface area contributed by atoms with Crippen molar-refractivity contribution in [3.63, 3.8) is 0 Å². The molecule has 13 heteroatoms. The van der Waals surface area contributed by atoms with Crippen LogP contribution in [0.5, 0.6) is 0 Å². The molecule has 0 heterocycles. The summed E-state index contributed by atoms with van der Waals surface area (Å²) in [5.74, 6) is 2.27. The molecule has 0 aliphatic heterocycles. The molecule has 0 atom stereocenters. The first-order valence-electron chi connectivity index (χ1n) is 11.6. The third kappa shape index (κ3) is 17.3. The van der Waals surface area contributed by atoms with Crippen LogP contribution in [0.3, 0.4) is 0 Å². The van der Waals surface area contributed by atoms with Gasteiger partial charge in [0.05, 0.1) is 0 Å². The Morgan fingerprint density at radius 1 is 0.486 bits per heavy atom. The van der Waals surface area contributed by atoms with E-state index < -0.39 is 12.8 Å². The molecule has 0 bridgehead atoms. The van der Waals surface area contributed by atoms with E-state index in [9.17, 15) is 19.2 Å². The van der Waals surface area contributed by atoms with Crippen molar-refractivity contribution in [1.82, 2.24) is 21.3 Å². The Bertz CT molecular complexity index is 741. The molecule has 0 aliphatic carbocycles. The van der Waals surface area contributed by atoms with Gasteiger partial charge >= 0.3 is 238 Å². The van der Waals surface area contributed by atoms with Gasteiger partial charge in [-0.05, 0) is 0 Å². The van der Waals surface area contributed by atoms with Crippen LogP contribution in [-0.4, -0.2) is 85.7 Å². The van der Waals surface area contributed by atoms with Gasteiger partial charge in [-0.25, -0.2) is 0 Å². The van der Waals surface area contributed by atoms with Gasteiger partial charge in [0.2, 0.25) is 0 Å². The molecule has 0 aliphatic rings. The molecule has 0 aromatic carbocycles. The molecule has 0 unspecified atom stereocenters. The fourth-order valence-corrected chi connectivity index (χ4v) is 51.1. The Labute approximate surface area is 236 Å². The van der Waals surface area contributed by atoms with Crippen molar-refractivity contribution in [2.24, 2.45) is 0 Å².